The van der Waals surface area contributed by atoms with E-state index in [0.29, 0.717) is 0 Å². The van der Waals surface area contributed by atoms with E-state index in [-0.39, 0.29) is 0 Å². The van der Waals surface area contributed by atoms with Gasteiger partial charge in [-0.1, -0.05) is 66.7 Å². The van der Waals surface area contributed by atoms with Gasteiger partial charge in [-0.2, -0.15) is 0 Å². The average Bonchev–Trinajstić information content (AvgIpc) is 3.04. The number of para-hydroxylation sites is 1. The second kappa shape index (κ2) is 5.40. The van der Waals surface area contributed by atoms with Crippen LogP contribution in [0.4, 0.5) is 0 Å². The molecule has 2 aliphatic carbocycles. The maximum absolute atomic E-state index is 3.12. The van der Waals surface area contributed by atoms with Crippen LogP contribution in [-0.2, 0) is 0 Å². The Morgan fingerprint density at radius 2 is 1.16 bits per heavy atom. The number of rotatable bonds is 0. The van der Waals surface area contributed by atoms with Gasteiger partial charge in [0.2, 0.25) is 0 Å². The summed E-state index contributed by atoms with van der Waals surface area (Å²) in [4.78, 5) is 3.12. The molecule has 0 atom stereocenters. The highest BCUT2D eigenvalue weighted by Gasteiger charge is 1.94. The molecule has 1 nitrogen and oxygen atoms in total. The van der Waals surface area contributed by atoms with E-state index in [9.17, 15) is 0 Å². The molecular weight excluding hydrogens is 230 g/mol. The van der Waals surface area contributed by atoms with Gasteiger partial charge in [0, 0.05) is 11.7 Å². The SMILES string of the molecule is c1ccc2[nH]ccc2c1.c1ccc2cccc-2cc1. The first kappa shape index (κ1) is 11.5. The van der Waals surface area contributed by atoms with Gasteiger partial charge >= 0.3 is 0 Å². The number of aromatic amines is 1. The fourth-order valence-electron chi connectivity index (χ4n) is 2.13. The number of nitrogens with one attached hydrogen (secondary N) is 1. The van der Waals surface area contributed by atoms with Crippen LogP contribution in [0.5, 0.6) is 0 Å². The number of H-pyrrole nitrogens is 1. The van der Waals surface area contributed by atoms with Crippen LogP contribution < -0.4 is 0 Å². The van der Waals surface area contributed by atoms with Crippen molar-refractivity contribution in [2.24, 2.45) is 0 Å². The van der Waals surface area contributed by atoms with Crippen LogP contribution in [0.2, 0.25) is 0 Å². The third-order valence-electron chi connectivity index (χ3n) is 3.12. The number of aromatic nitrogens is 1. The Balaban J connectivity index is 0.000000117. The molecule has 0 radical (unpaired) electrons. The van der Waals surface area contributed by atoms with Gasteiger partial charge in [-0.15, -0.1) is 0 Å². The van der Waals surface area contributed by atoms with E-state index in [1.807, 2.05) is 24.4 Å². The molecule has 0 fully saturated rings. The van der Waals surface area contributed by atoms with Crippen LogP contribution >= 0.6 is 0 Å². The van der Waals surface area contributed by atoms with Crippen molar-refractivity contribution in [3.05, 3.63) is 85.1 Å². The first-order chi connectivity index (χ1) is 9.43. The van der Waals surface area contributed by atoms with Crippen molar-refractivity contribution in [3.63, 3.8) is 0 Å². The zero-order valence-electron chi connectivity index (χ0n) is 10.6. The number of hydrogen-bond donors (Lipinski definition) is 1. The maximum Gasteiger partial charge on any atom is 0.0453 e. The summed E-state index contributed by atoms with van der Waals surface area (Å²) in [6.45, 7) is 0. The molecule has 0 amide bonds. The van der Waals surface area contributed by atoms with E-state index in [1.165, 1.54) is 22.0 Å². The summed E-state index contributed by atoms with van der Waals surface area (Å²) < 4.78 is 0. The molecule has 1 heteroatoms. The highest BCUT2D eigenvalue weighted by atomic mass is 14.6. The van der Waals surface area contributed by atoms with E-state index in [4.69, 9.17) is 0 Å². The summed E-state index contributed by atoms with van der Waals surface area (Å²) in [6, 6.07) is 27.0. The van der Waals surface area contributed by atoms with Crippen molar-refractivity contribution < 1.29 is 0 Å². The summed E-state index contributed by atoms with van der Waals surface area (Å²) in [7, 11) is 0. The van der Waals surface area contributed by atoms with E-state index in [0.717, 1.165) is 0 Å². The lowest BCUT2D eigenvalue weighted by molar-refractivity contribution is 1.48. The lowest BCUT2D eigenvalue weighted by Crippen LogP contribution is -1.61. The molecule has 1 N–H and O–H groups in total. The summed E-state index contributed by atoms with van der Waals surface area (Å²) in [6.07, 6.45) is 1.95. The van der Waals surface area contributed by atoms with E-state index < -0.39 is 0 Å². The molecule has 2 aliphatic rings. The van der Waals surface area contributed by atoms with Crippen molar-refractivity contribution in [1.29, 1.82) is 0 Å². The van der Waals surface area contributed by atoms with Crippen molar-refractivity contribution in [3.8, 4) is 11.1 Å². The zero-order chi connectivity index (χ0) is 12.9. The molecule has 19 heavy (non-hydrogen) atoms. The van der Waals surface area contributed by atoms with E-state index >= 15 is 0 Å². The first-order valence-electron chi connectivity index (χ1n) is 6.39. The van der Waals surface area contributed by atoms with Gasteiger partial charge in [0.05, 0.1) is 0 Å². The quantitative estimate of drug-likeness (QED) is 0.450. The van der Waals surface area contributed by atoms with Crippen LogP contribution in [0.25, 0.3) is 22.0 Å². The Labute approximate surface area is 112 Å². The molecule has 0 spiro atoms. The summed E-state index contributed by atoms with van der Waals surface area (Å²) in [5.41, 5.74) is 3.83. The van der Waals surface area contributed by atoms with Crippen molar-refractivity contribution in [1.82, 2.24) is 4.98 Å². The minimum atomic E-state index is 1.21. The molecule has 0 unspecified atom stereocenters. The summed E-state index contributed by atoms with van der Waals surface area (Å²) >= 11 is 0. The monoisotopic (exact) mass is 245 g/mol. The molecule has 1 aromatic heterocycles. The van der Waals surface area contributed by atoms with E-state index in [1.54, 1.807) is 0 Å². The van der Waals surface area contributed by atoms with Crippen LogP contribution in [-0.4, -0.2) is 4.98 Å². The number of benzene rings is 1. The molecular formula is C18H15N. The topological polar surface area (TPSA) is 15.8 Å². The second-order valence-corrected chi connectivity index (χ2v) is 4.41. The molecule has 0 saturated heterocycles. The molecule has 4 rings (SSSR count). The highest BCUT2D eigenvalue weighted by molar-refractivity contribution is 5.78. The predicted molar refractivity (Wildman–Crippen MR) is 81.4 cm³/mol. The van der Waals surface area contributed by atoms with Crippen LogP contribution in [0.3, 0.4) is 0 Å². The Bertz CT molecular complexity index is 681. The van der Waals surface area contributed by atoms with Crippen LogP contribution in [0, 0.1) is 0 Å². The minimum Gasteiger partial charge on any atom is -0.361 e. The number of fused-ring (bicyclic) bond motifs is 2. The zero-order valence-corrected chi connectivity index (χ0v) is 10.6. The Morgan fingerprint density at radius 1 is 0.526 bits per heavy atom. The summed E-state index contributed by atoms with van der Waals surface area (Å²) in [5.74, 6) is 0. The van der Waals surface area contributed by atoms with Crippen LogP contribution in [0.15, 0.2) is 85.1 Å². The third-order valence-corrected chi connectivity index (χ3v) is 3.12. The molecule has 92 valence electrons. The minimum absolute atomic E-state index is 1.21. The smallest absolute Gasteiger partial charge is 0.0453 e. The van der Waals surface area contributed by atoms with E-state index in [2.05, 4.69) is 65.6 Å². The van der Waals surface area contributed by atoms with Gasteiger partial charge < -0.3 is 4.98 Å². The average molecular weight is 245 g/mol. The van der Waals surface area contributed by atoms with Crippen molar-refractivity contribution in [2.75, 3.05) is 0 Å². The molecule has 0 bridgehead atoms. The third kappa shape index (κ3) is 2.66. The van der Waals surface area contributed by atoms with Gasteiger partial charge in [-0.3, -0.25) is 0 Å². The summed E-state index contributed by atoms with van der Waals surface area (Å²) in [5, 5.41) is 1.28. The Morgan fingerprint density at radius 3 is 1.89 bits per heavy atom. The van der Waals surface area contributed by atoms with Gasteiger partial charge in [-0.05, 0) is 28.6 Å². The predicted octanol–water partition coefficient (Wildman–Crippen LogP) is 4.96. The van der Waals surface area contributed by atoms with Crippen LogP contribution in [0.1, 0.15) is 0 Å². The fraction of sp³-hybridized carbons (Fsp3) is 0. The largest absolute Gasteiger partial charge is 0.361 e. The normalized spacial score (nSPS) is 10.1. The fourth-order valence-corrected chi connectivity index (χ4v) is 2.13. The maximum atomic E-state index is 3.12. The van der Waals surface area contributed by atoms with Crippen molar-refractivity contribution in [2.45, 2.75) is 0 Å². The van der Waals surface area contributed by atoms with Gasteiger partial charge in [0.25, 0.3) is 0 Å². The molecule has 1 heterocycles. The molecule has 1 aromatic carbocycles. The second-order valence-electron chi connectivity index (χ2n) is 4.41. The van der Waals surface area contributed by atoms with Gasteiger partial charge in [-0.25, -0.2) is 0 Å². The standard InChI is InChI=1S/C10H8.C8H7N/c1-2-5-9-7-4-8-10(9)6-3-1;1-2-4-8-7(3-1)5-6-9-8/h1-8H;1-6,9H. The van der Waals surface area contributed by atoms with Gasteiger partial charge in [0.15, 0.2) is 0 Å². The van der Waals surface area contributed by atoms with Gasteiger partial charge in [0.1, 0.15) is 0 Å². The van der Waals surface area contributed by atoms with Crippen molar-refractivity contribution >= 4 is 10.9 Å². The highest BCUT2D eigenvalue weighted by Crippen LogP contribution is 2.19. The first-order valence-corrected chi connectivity index (χ1v) is 6.39. The Kier molecular flexibility index (Phi) is 3.28. The molecule has 2 aromatic rings. The number of hydrogen-bond acceptors (Lipinski definition) is 0. The lowest BCUT2D eigenvalue weighted by atomic mass is 10.2. The molecule has 0 aliphatic heterocycles. The Hall–Kier alpha value is -2.54. The lowest BCUT2D eigenvalue weighted by Gasteiger charge is -1.85. The molecule has 0 saturated carbocycles.